The van der Waals surface area contributed by atoms with Crippen LogP contribution in [0.15, 0.2) is 0 Å². The molecule has 2 rings (SSSR count). The normalized spacial score (nSPS) is 36.8. The second kappa shape index (κ2) is 4.19. The first kappa shape index (κ1) is 15.4. The first-order valence-electron chi connectivity index (χ1n) is 4.56. The van der Waals surface area contributed by atoms with Crippen LogP contribution in [0.2, 0.25) is 0 Å². The summed E-state index contributed by atoms with van der Waals surface area (Å²) >= 11 is 2.97. The van der Waals surface area contributed by atoms with Crippen LogP contribution in [0.5, 0.6) is 0 Å². The van der Waals surface area contributed by atoms with Crippen molar-refractivity contribution in [2.75, 3.05) is 0 Å². The molecule has 0 spiro atoms. The molecule has 0 radical (unpaired) electrons. The molecule has 0 saturated carbocycles. The monoisotopic (exact) mass is 335 g/mol. The number of halogens is 1. The number of hydrogen-bond donors (Lipinski definition) is 1. The molecule has 2 saturated heterocycles. The van der Waals surface area contributed by atoms with Crippen molar-refractivity contribution in [3.8, 4) is 0 Å². The molecule has 0 aliphatic carbocycles. The molecule has 3 atom stereocenters. The van der Waals surface area contributed by atoms with Crippen molar-refractivity contribution < 1.29 is 23.1 Å². The number of β-lactam (4-membered cyclic amide) rings is 1. The van der Waals surface area contributed by atoms with E-state index in [0.29, 0.717) is 0 Å². The van der Waals surface area contributed by atoms with Crippen molar-refractivity contribution in [2.45, 2.75) is 34.8 Å². The predicted octanol–water partition coefficient (Wildman–Crippen LogP) is -1.07. The van der Waals surface area contributed by atoms with Crippen molar-refractivity contribution in [1.29, 1.82) is 0 Å². The SMILES string of the molecule is CC1(C)[C@H](C(=O)O)N2C(=O)[C@@H](Br)[C@H]2S1(=O)=O.[NaH]. The standard InChI is InChI=1S/C8H10BrNO5S.Na.H/c1-8(2)4(7(12)13)10-5(11)3(9)6(10)16(8,14)15;;/h3-4,6H,1-2H3,(H,12,13);;/t3-,4+,6-;;/m1../s1. The number of hydrogen-bond acceptors (Lipinski definition) is 4. The Morgan fingerprint density at radius 1 is 1.47 bits per heavy atom. The van der Waals surface area contributed by atoms with Gasteiger partial charge in [0.2, 0.25) is 5.91 Å². The summed E-state index contributed by atoms with van der Waals surface area (Å²) in [5.41, 5.74) is 0. The van der Waals surface area contributed by atoms with Crippen molar-refractivity contribution in [2.24, 2.45) is 0 Å². The molecule has 0 bridgehead atoms. The number of carboxylic acid groups (broad SMARTS) is 1. The van der Waals surface area contributed by atoms with Crippen LogP contribution in [-0.2, 0) is 19.4 Å². The summed E-state index contributed by atoms with van der Waals surface area (Å²) in [4.78, 5) is 22.7. The van der Waals surface area contributed by atoms with Gasteiger partial charge in [0.05, 0.1) is 0 Å². The molecule has 6 nitrogen and oxygen atoms in total. The third-order valence-electron chi connectivity index (χ3n) is 3.24. The van der Waals surface area contributed by atoms with Crippen molar-refractivity contribution in [3.63, 3.8) is 0 Å². The summed E-state index contributed by atoms with van der Waals surface area (Å²) in [6.45, 7) is 2.68. The number of amides is 1. The van der Waals surface area contributed by atoms with Gasteiger partial charge in [-0.3, -0.25) is 4.79 Å². The Hall–Kier alpha value is 0.370. The van der Waals surface area contributed by atoms with E-state index in [0.717, 1.165) is 4.90 Å². The number of rotatable bonds is 1. The van der Waals surface area contributed by atoms with Crippen LogP contribution >= 0.6 is 15.9 Å². The Balaban J connectivity index is 0.00000144. The average Bonchev–Trinajstić information content (AvgIpc) is 2.28. The molecule has 0 unspecified atom stereocenters. The number of carbonyl (C=O) groups excluding carboxylic acids is 1. The van der Waals surface area contributed by atoms with E-state index < -0.39 is 42.7 Å². The Labute approximate surface area is 129 Å². The Morgan fingerprint density at radius 3 is 2.35 bits per heavy atom. The summed E-state index contributed by atoms with van der Waals surface area (Å²) in [6, 6.07) is -1.30. The van der Waals surface area contributed by atoms with Gasteiger partial charge in [-0.25, -0.2) is 13.2 Å². The quantitative estimate of drug-likeness (QED) is 0.374. The van der Waals surface area contributed by atoms with Gasteiger partial charge in [-0.2, -0.15) is 0 Å². The van der Waals surface area contributed by atoms with E-state index in [1.165, 1.54) is 13.8 Å². The molecule has 2 aliphatic rings. The first-order valence-corrected chi connectivity index (χ1v) is 7.02. The average molecular weight is 336 g/mol. The Bertz CT molecular complexity index is 490. The van der Waals surface area contributed by atoms with Crippen LogP contribution in [0.3, 0.4) is 0 Å². The molecule has 2 fully saturated rings. The third-order valence-corrected chi connectivity index (χ3v) is 7.30. The van der Waals surface area contributed by atoms with E-state index in [1.54, 1.807) is 0 Å². The van der Waals surface area contributed by atoms with Crippen LogP contribution in [0, 0.1) is 0 Å². The van der Waals surface area contributed by atoms with Gasteiger partial charge >= 0.3 is 35.5 Å². The van der Waals surface area contributed by atoms with Gasteiger partial charge in [0.25, 0.3) is 0 Å². The van der Waals surface area contributed by atoms with Crippen molar-refractivity contribution in [1.82, 2.24) is 4.90 Å². The molecule has 2 aliphatic heterocycles. The maximum atomic E-state index is 12.1. The fraction of sp³-hybridized carbons (Fsp3) is 0.750. The number of aliphatic carboxylic acids is 1. The van der Waals surface area contributed by atoms with Crippen LogP contribution in [0.1, 0.15) is 13.8 Å². The molecule has 1 N–H and O–H groups in total. The van der Waals surface area contributed by atoms with Gasteiger partial charge in [-0.05, 0) is 13.8 Å². The molecule has 0 aromatic heterocycles. The van der Waals surface area contributed by atoms with E-state index in [1.807, 2.05) is 0 Å². The molecule has 92 valence electrons. The summed E-state index contributed by atoms with van der Waals surface area (Å²) in [5.74, 6) is -1.77. The predicted molar refractivity (Wildman–Crippen MR) is 64.9 cm³/mol. The number of carbonyl (C=O) groups is 2. The summed E-state index contributed by atoms with van der Waals surface area (Å²) in [6.07, 6.45) is 0. The molecule has 0 aromatic carbocycles. The summed E-state index contributed by atoms with van der Waals surface area (Å²) in [7, 11) is -3.66. The molecule has 2 heterocycles. The topological polar surface area (TPSA) is 91.8 Å². The van der Waals surface area contributed by atoms with Crippen LogP contribution in [0.25, 0.3) is 0 Å². The third kappa shape index (κ3) is 1.64. The van der Waals surface area contributed by atoms with E-state index >= 15 is 0 Å². The first-order chi connectivity index (χ1) is 7.14. The van der Waals surface area contributed by atoms with E-state index in [2.05, 4.69) is 15.9 Å². The number of sulfone groups is 1. The van der Waals surface area contributed by atoms with Gasteiger partial charge in [-0.1, -0.05) is 15.9 Å². The zero-order chi connectivity index (χ0) is 12.5. The molecule has 17 heavy (non-hydrogen) atoms. The fourth-order valence-electron chi connectivity index (χ4n) is 2.25. The zero-order valence-corrected chi connectivity index (χ0v) is 10.9. The molecular weight excluding hydrogens is 325 g/mol. The Kier molecular flexibility index (Phi) is 3.81. The second-order valence-electron chi connectivity index (χ2n) is 4.43. The van der Waals surface area contributed by atoms with Gasteiger partial charge in [0, 0.05) is 0 Å². The number of fused-ring (bicyclic) bond motifs is 1. The number of alkyl halides is 1. The van der Waals surface area contributed by atoms with E-state index in [4.69, 9.17) is 5.11 Å². The van der Waals surface area contributed by atoms with Gasteiger partial charge in [-0.15, -0.1) is 0 Å². The van der Waals surface area contributed by atoms with Crippen LogP contribution in [-0.4, -0.2) is 80.8 Å². The summed E-state index contributed by atoms with van der Waals surface area (Å²) in [5, 5.41) is 7.99. The van der Waals surface area contributed by atoms with Gasteiger partial charge < -0.3 is 10.0 Å². The molecular formula is C8H11BrNNaO5S. The Morgan fingerprint density at radius 2 is 1.94 bits per heavy atom. The van der Waals surface area contributed by atoms with Crippen molar-refractivity contribution >= 4 is 67.2 Å². The maximum absolute atomic E-state index is 12.1. The summed E-state index contributed by atoms with van der Waals surface area (Å²) < 4.78 is 22.7. The molecule has 1 amide bonds. The second-order valence-corrected chi connectivity index (χ2v) is 8.04. The molecule has 0 aromatic rings. The van der Waals surface area contributed by atoms with Crippen LogP contribution in [0.4, 0.5) is 0 Å². The minimum atomic E-state index is -3.66. The minimum absolute atomic E-state index is 0. The van der Waals surface area contributed by atoms with Gasteiger partial charge in [0.1, 0.15) is 15.6 Å². The van der Waals surface area contributed by atoms with Gasteiger partial charge in [0.15, 0.2) is 15.2 Å². The van der Waals surface area contributed by atoms with E-state index in [-0.39, 0.29) is 29.6 Å². The van der Waals surface area contributed by atoms with Crippen LogP contribution < -0.4 is 0 Å². The zero-order valence-electron chi connectivity index (χ0n) is 8.55. The van der Waals surface area contributed by atoms with Crippen molar-refractivity contribution in [3.05, 3.63) is 0 Å². The number of carboxylic acids is 1. The fourth-order valence-corrected chi connectivity index (χ4v) is 5.69. The number of nitrogens with zero attached hydrogens (tertiary/aromatic N) is 1. The molecule has 9 heteroatoms. The van der Waals surface area contributed by atoms with E-state index in [9.17, 15) is 18.0 Å².